The lowest BCUT2D eigenvalue weighted by Crippen LogP contribution is -2.39. The Kier molecular flexibility index (Phi) is 6.06. The van der Waals surface area contributed by atoms with Gasteiger partial charge >= 0.3 is 12.2 Å². The van der Waals surface area contributed by atoms with Crippen molar-refractivity contribution in [2.24, 2.45) is 7.05 Å². The van der Waals surface area contributed by atoms with E-state index in [9.17, 15) is 18.0 Å². The average molecular weight is 370 g/mol. The van der Waals surface area contributed by atoms with E-state index >= 15 is 0 Å². The molecule has 3 N–H and O–H groups in total. The van der Waals surface area contributed by atoms with E-state index in [-0.39, 0.29) is 24.9 Å². The summed E-state index contributed by atoms with van der Waals surface area (Å²) in [4.78, 5) is 15.6. The van der Waals surface area contributed by atoms with Gasteiger partial charge in [-0.05, 0) is 26.0 Å². The minimum atomic E-state index is -4.49. The van der Waals surface area contributed by atoms with E-state index in [4.69, 9.17) is 0 Å². The van der Waals surface area contributed by atoms with Crippen molar-refractivity contribution in [3.63, 3.8) is 0 Å². The highest BCUT2D eigenvalue weighted by Gasteiger charge is 2.33. The normalized spacial score (nSPS) is 12.5. The van der Waals surface area contributed by atoms with Gasteiger partial charge in [-0.3, -0.25) is 4.68 Å². The van der Waals surface area contributed by atoms with Crippen LogP contribution < -0.4 is 16.0 Å². The van der Waals surface area contributed by atoms with E-state index in [1.165, 1.54) is 12.3 Å². The average Bonchev–Trinajstić information content (AvgIpc) is 2.90. The summed E-state index contributed by atoms with van der Waals surface area (Å²) < 4.78 is 40.3. The number of amides is 2. The van der Waals surface area contributed by atoms with Gasteiger partial charge < -0.3 is 16.0 Å². The van der Waals surface area contributed by atoms with Crippen LogP contribution in [0.25, 0.3) is 0 Å². The van der Waals surface area contributed by atoms with Gasteiger partial charge in [0, 0.05) is 37.6 Å². The SMILES string of the molecule is Cc1c([C@H](C)NC(=O)NCCNc2ncccc2C(F)(F)F)cnn1C. The predicted molar refractivity (Wildman–Crippen MR) is 90.6 cm³/mol. The van der Waals surface area contributed by atoms with E-state index in [1.54, 1.807) is 10.9 Å². The number of hydrogen-bond acceptors (Lipinski definition) is 4. The molecule has 0 fully saturated rings. The Hall–Kier alpha value is -2.78. The number of anilines is 1. The lowest BCUT2D eigenvalue weighted by Gasteiger charge is -2.16. The molecule has 2 aromatic rings. The second-order valence-corrected chi connectivity index (χ2v) is 5.75. The van der Waals surface area contributed by atoms with Crippen LogP contribution in [0.2, 0.25) is 0 Å². The quantitative estimate of drug-likeness (QED) is 0.683. The van der Waals surface area contributed by atoms with Gasteiger partial charge in [-0.25, -0.2) is 9.78 Å². The molecule has 2 rings (SSSR count). The molecule has 10 heteroatoms. The number of carbonyl (C=O) groups is 1. The first-order valence-electron chi connectivity index (χ1n) is 7.99. The molecule has 0 unspecified atom stereocenters. The van der Waals surface area contributed by atoms with E-state index in [1.807, 2.05) is 20.9 Å². The van der Waals surface area contributed by atoms with Crippen molar-refractivity contribution in [3.8, 4) is 0 Å². The Morgan fingerprint density at radius 3 is 2.69 bits per heavy atom. The van der Waals surface area contributed by atoms with E-state index in [2.05, 4.69) is 26.0 Å². The Morgan fingerprint density at radius 1 is 1.35 bits per heavy atom. The third kappa shape index (κ3) is 4.87. The standard InChI is InChI=1S/C16H21F3N6O/c1-10(12-9-23-25(3)11(12)2)24-15(26)22-8-7-21-14-13(16(17,18)19)5-4-6-20-14/h4-6,9-10H,7-8H2,1-3H3,(H,20,21)(H2,22,24,26)/t10-/m0/s1. The maximum Gasteiger partial charge on any atom is 0.419 e. The van der Waals surface area contributed by atoms with Crippen LogP contribution in [0.4, 0.5) is 23.8 Å². The fraction of sp³-hybridized carbons (Fsp3) is 0.438. The highest BCUT2D eigenvalue weighted by Crippen LogP contribution is 2.33. The Bertz CT molecular complexity index is 759. The number of rotatable bonds is 6. The molecule has 0 spiro atoms. The molecule has 2 heterocycles. The summed E-state index contributed by atoms with van der Waals surface area (Å²) in [7, 11) is 1.81. The van der Waals surface area contributed by atoms with Gasteiger partial charge in [-0.1, -0.05) is 0 Å². The maximum atomic E-state index is 12.9. The monoisotopic (exact) mass is 370 g/mol. The summed E-state index contributed by atoms with van der Waals surface area (Å²) >= 11 is 0. The van der Waals surface area contributed by atoms with Gasteiger partial charge in [0.25, 0.3) is 0 Å². The highest BCUT2D eigenvalue weighted by molar-refractivity contribution is 5.74. The molecule has 0 aliphatic rings. The number of urea groups is 1. The molecule has 2 aromatic heterocycles. The highest BCUT2D eigenvalue weighted by atomic mass is 19.4. The molecule has 0 aromatic carbocycles. The van der Waals surface area contributed by atoms with Crippen LogP contribution in [-0.2, 0) is 13.2 Å². The summed E-state index contributed by atoms with van der Waals surface area (Å²) in [5.74, 6) is -0.262. The number of carbonyl (C=O) groups excluding carboxylic acids is 1. The number of alkyl halides is 3. The van der Waals surface area contributed by atoms with Crippen molar-refractivity contribution < 1.29 is 18.0 Å². The van der Waals surface area contributed by atoms with Crippen molar-refractivity contribution >= 4 is 11.8 Å². The van der Waals surface area contributed by atoms with Crippen LogP contribution in [0.1, 0.15) is 29.8 Å². The van der Waals surface area contributed by atoms with E-state index < -0.39 is 17.8 Å². The zero-order valence-corrected chi connectivity index (χ0v) is 14.7. The van der Waals surface area contributed by atoms with Crippen LogP contribution in [0.5, 0.6) is 0 Å². The Morgan fingerprint density at radius 2 is 2.08 bits per heavy atom. The fourth-order valence-corrected chi connectivity index (χ4v) is 2.40. The van der Waals surface area contributed by atoms with Crippen molar-refractivity contribution in [2.45, 2.75) is 26.1 Å². The molecule has 142 valence electrons. The Labute approximate surface area is 149 Å². The zero-order valence-electron chi connectivity index (χ0n) is 14.7. The maximum absolute atomic E-state index is 12.9. The summed E-state index contributed by atoms with van der Waals surface area (Å²) in [6.07, 6.45) is -1.53. The van der Waals surface area contributed by atoms with E-state index in [0.717, 1.165) is 17.3 Å². The van der Waals surface area contributed by atoms with Crippen LogP contribution in [0, 0.1) is 6.92 Å². The summed E-state index contributed by atoms with van der Waals surface area (Å²) in [5, 5.41) is 12.1. The van der Waals surface area contributed by atoms with Gasteiger partial charge in [0.15, 0.2) is 0 Å². The lowest BCUT2D eigenvalue weighted by atomic mass is 10.1. The third-order valence-corrected chi connectivity index (χ3v) is 3.90. The second-order valence-electron chi connectivity index (χ2n) is 5.75. The molecular weight excluding hydrogens is 349 g/mol. The van der Waals surface area contributed by atoms with Crippen LogP contribution >= 0.6 is 0 Å². The number of aromatic nitrogens is 3. The van der Waals surface area contributed by atoms with Gasteiger partial charge in [0.2, 0.25) is 0 Å². The number of halogens is 3. The first-order valence-corrected chi connectivity index (χ1v) is 7.99. The van der Waals surface area contributed by atoms with Gasteiger partial charge in [-0.2, -0.15) is 18.3 Å². The summed E-state index contributed by atoms with van der Waals surface area (Å²) in [5.41, 5.74) is 0.989. The van der Waals surface area contributed by atoms with Crippen LogP contribution in [0.15, 0.2) is 24.5 Å². The molecule has 0 bridgehead atoms. The lowest BCUT2D eigenvalue weighted by molar-refractivity contribution is -0.137. The smallest absolute Gasteiger partial charge is 0.368 e. The number of aryl methyl sites for hydroxylation is 1. The van der Waals surface area contributed by atoms with Gasteiger partial charge in [-0.15, -0.1) is 0 Å². The minimum Gasteiger partial charge on any atom is -0.368 e. The predicted octanol–water partition coefficient (Wildman–Crippen LogP) is 2.61. The molecule has 0 aliphatic heterocycles. The molecule has 7 nitrogen and oxygen atoms in total. The zero-order chi connectivity index (χ0) is 19.3. The van der Waals surface area contributed by atoms with Crippen LogP contribution in [-0.4, -0.2) is 33.9 Å². The summed E-state index contributed by atoms with van der Waals surface area (Å²) in [6, 6.07) is 1.51. The topological polar surface area (TPSA) is 83.9 Å². The first-order chi connectivity index (χ1) is 12.2. The molecule has 0 saturated carbocycles. The van der Waals surface area contributed by atoms with Gasteiger partial charge in [0.05, 0.1) is 17.8 Å². The molecule has 0 radical (unpaired) electrons. The van der Waals surface area contributed by atoms with Crippen molar-refractivity contribution in [2.75, 3.05) is 18.4 Å². The van der Waals surface area contributed by atoms with Crippen molar-refractivity contribution in [1.29, 1.82) is 0 Å². The minimum absolute atomic E-state index is 0.105. The molecule has 2 amide bonds. The molecule has 1 atom stereocenters. The number of nitrogens with one attached hydrogen (secondary N) is 3. The molecule has 0 saturated heterocycles. The number of pyridine rings is 1. The number of nitrogens with zero attached hydrogens (tertiary/aromatic N) is 3. The molecular formula is C16H21F3N6O. The molecule has 0 aliphatic carbocycles. The van der Waals surface area contributed by atoms with Crippen LogP contribution in [0.3, 0.4) is 0 Å². The van der Waals surface area contributed by atoms with E-state index in [0.29, 0.717) is 0 Å². The largest absolute Gasteiger partial charge is 0.419 e. The van der Waals surface area contributed by atoms with Gasteiger partial charge in [0.1, 0.15) is 5.82 Å². The van der Waals surface area contributed by atoms with Crippen molar-refractivity contribution in [3.05, 3.63) is 41.3 Å². The number of hydrogen-bond donors (Lipinski definition) is 3. The summed E-state index contributed by atoms with van der Waals surface area (Å²) in [6.45, 7) is 3.96. The van der Waals surface area contributed by atoms with Crippen molar-refractivity contribution in [1.82, 2.24) is 25.4 Å². The molecule has 26 heavy (non-hydrogen) atoms. The second kappa shape index (κ2) is 8.07. The third-order valence-electron chi connectivity index (χ3n) is 3.90. The Balaban J connectivity index is 1.80. The first kappa shape index (κ1) is 19.5. The fourth-order valence-electron chi connectivity index (χ4n) is 2.40.